The van der Waals surface area contributed by atoms with E-state index in [1.165, 1.54) is 5.56 Å². The maximum absolute atomic E-state index is 8.77. The van der Waals surface area contributed by atoms with Crippen molar-refractivity contribution in [2.75, 3.05) is 0 Å². The van der Waals surface area contributed by atoms with E-state index in [0.717, 1.165) is 22.9 Å². The predicted molar refractivity (Wildman–Crippen MR) is 70.5 cm³/mol. The van der Waals surface area contributed by atoms with Crippen LogP contribution in [0.2, 0.25) is 0 Å². The summed E-state index contributed by atoms with van der Waals surface area (Å²) in [4.78, 5) is 4.10. The van der Waals surface area contributed by atoms with Gasteiger partial charge in [0.15, 0.2) is 5.69 Å². The standard InChI is InChI=1S/C14H11BrN2/c15-13-8-12(10-17-14(13)9-16)7-6-11-4-2-1-3-5-11/h1-5,8,10H,6-7H2. The lowest BCUT2D eigenvalue weighted by Gasteiger charge is -2.03. The average molecular weight is 287 g/mol. The van der Waals surface area contributed by atoms with E-state index in [1.54, 1.807) is 6.20 Å². The molecule has 1 aromatic carbocycles. The lowest BCUT2D eigenvalue weighted by Crippen LogP contribution is -1.94. The van der Waals surface area contributed by atoms with Crippen LogP contribution in [0.4, 0.5) is 0 Å². The third-order valence-corrected chi connectivity index (χ3v) is 3.15. The summed E-state index contributed by atoms with van der Waals surface area (Å²) in [5.74, 6) is 0. The van der Waals surface area contributed by atoms with Gasteiger partial charge in [-0.25, -0.2) is 4.98 Å². The highest BCUT2D eigenvalue weighted by Crippen LogP contribution is 2.16. The first kappa shape index (κ1) is 11.8. The quantitative estimate of drug-likeness (QED) is 0.866. The number of hydrogen-bond acceptors (Lipinski definition) is 2. The van der Waals surface area contributed by atoms with Crippen LogP contribution < -0.4 is 0 Å². The lowest BCUT2D eigenvalue weighted by molar-refractivity contribution is 0.946. The van der Waals surface area contributed by atoms with Crippen LogP contribution in [0.1, 0.15) is 16.8 Å². The molecule has 17 heavy (non-hydrogen) atoms. The highest BCUT2D eigenvalue weighted by molar-refractivity contribution is 9.10. The van der Waals surface area contributed by atoms with E-state index in [0.29, 0.717) is 5.69 Å². The second-order valence-electron chi connectivity index (χ2n) is 3.77. The van der Waals surface area contributed by atoms with Gasteiger partial charge in [0.05, 0.1) is 4.47 Å². The van der Waals surface area contributed by atoms with Gasteiger partial charge < -0.3 is 0 Å². The molecule has 0 atom stereocenters. The number of aryl methyl sites for hydroxylation is 2. The first-order valence-electron chi connectivity index (χ1n) is 5.38. The molecule has 0 amide bonds. The Morgan fingerprint density at radius 3 is 2.47 bits per heavy atom. The van der Waals surface area contributed by atoms with Crippen molar-refractivity contribution in [3.8, 4) is 6.07 Å². The van der Waals surface area contributed by atoms with E-state index in [9.17, 15) is 0 Å². The minimum absolute atomic E-state index is 0.438. The van der Waals surface area contributed by atoms with Crippen LogP contribution in [0.25, 0.3) is 0 Å². The van der Waals surface area contributed by atoms with E-state index >= 15 is 0 Å². The first-order valence-corrected chi connectivity index (χ1v) is 6.17. The maximum Gasteiger partial charge on any atom is 0.154 e. The summed E-state index contributed by atoms with van der Waals surface area (Å²) < 4.78 is 0.769. The minimum atomic E-state index is 0.438. The Balaban J connectivity index is 2.06. The summed E-state index contributed by atoms with van der Waals surface area (Å²) in [5, 5.41) is 8.77. The van der Waals surface area contributed by atoms with Crippen molar-refractivity contribution in [3.63, 3.8) is 0 Å². The molecule has 84 valence electrons. The predicted octanol–water partition coefficient (Wildman–Crippen LogP) is 3.50. The molecule has 0 spiro atoms. The van der Waals surface area contributed by atoms with Crippen LogP contribution in [0.15, 0.2) is 47.1 Å². The van der Waals surface area contributed by atoms with Gasteiger partial charge in [0.25, 0.3) is 0 Å². The van der Waals surface area contributed by atoms with E-state index < -0.39 is 0 Å². The Morgan fingerprint density at radius 2 is 1.82 bits per heavy atom. The van der Waals surface area contributed by atoms with Gasteiger partial charge in [-0.15, -0.1) is 0 Å². The maximum atomic E-state index is 8.77. The molecule has 0 bridgehead atoms. The van der Waals surface area contributed by atoms with Crippen molar-refractivity contribution in [2.45, 2.75) is 12.8 Å². The molecule has 3 heteroatoms. The molecule has 0 radical (unpaired) electrons. The SMILES string of the molecule is N#Cc1ncc(CCc2ccccc2)cc1Br. The summed E-state index contributed by atoms with van der Waals surface area (Å²) >= 11 is 3.35. The van der Waals surface area contributed by atoms with Crippen molar-refractivity contribution in [3.05, 3.63) is 63.9 Å². The molecule has 2 aromatic rings. The van der Waals surface area contributed by atoms with Gasteiger partial charge in [-0.1, -0.05) is 30.3 Å². The molecule has 0 N–H and O–H groups in total. The monoisotopic (exact) mass is 286 g/mol. The number of pyridine rings is 1. The largest absolute Gasteiger partial charge is 0.244 e. The van der Waals surface area contributed by atoms with E-state index in [1.807, 2.05) is 30.3 Å². The molecule has 1 aromatic heterocycles. The zero-order chi connectivity index (χ0) is 12.1. The Bertz CT molecular complexity index is 544. The van der Waals surface area contributed by atoms with Gasteiger partial charge in [-0.3, -0.25) is 0 Å². The molecular formula is C14H11BrN2. The number of hydrogen-bond donors (Lipinski definition) is 0. The topological polar surface area (TPSA) is 36.7 Å². The van der Waals surface area contributed by atoms with Gasteiger partial charge in [-0.05, 0) is 46.0 Å². The third-order valence-electron chi connectivity index (χ3n) is 2.55. The molecule has 0 aliphatic heterocycles. The zero-order valence-corrected chi connectivity index (χ0v) is 10.8. The molecule has 0 saturated heterocycles. The van der Waals surface area contributed by atoms with Gasteiger partial charge >= 0.3 is 0 Å². The number of benzene rings is 1. The minimum Gasteiger partial charge on any atom is -0.244 e. The van der Waals surface area contributed by atoms with Crippen LogP contribution >= 0.6 is 15.9 Å². The Kier molecular flexibility index (Phi) is 3.89. The number of rotatable bonds is 3. The molecule has 2 rings (SSSR count). The summed E-state index contributed by atoms with van der Waals surface area (Å²) in [6.07, 6.45) is 3.69. The van der Waals surface area contributed by atoms with Crippen LogP contribution in [0, 0.1) is 11.3 Å². The van der Waals surface area contributed by atoms with Gasteiger partial charge in [0, 0.05) is 6.20 Å². The molecule has 0 saturated carbocycles. The van der Waals surface area contributed by atoms with Crippen LogP contribution in [0.5, 0.6) is 0 Å². The molecule has 0 aliphatic rings. The van der Waals surface area contributed by atoms with Crippen molar-refractivity contribution < 1.29 is 0 Å². The van der Waals surface area contributed by atoms with Crippen molar-refractivity contribution >= 4 is 15.9 Å². The zero-order valence-electron chi connectivity index (χ0n) is 9.23. The molecule has 1 heterocycles. The lowest BCUT2D eigenvalue weighted by atomic mass is 10.1. The van der Waals surface area contributed by atoms with Gasteiger partial charge in [0.2, 0.25) is 0 Å². The van der Waals surface area contributed by atoms with Crippen LogP contribution in [-0.2, 0) is 12.8 Å². The first-order chi connectivity index (χ1) is 8.29. The summed E-state index contributed by atoms with van der Waals surface area (Å²) in [6, 6.07) is 14.3. The van der Waals surface area contributed by atoms with Crippen LogP contribution in [-0.4, -0.2) is 4.98 Å². The van der Waals surface area contributed by atoms with Crippen molar-refractivity contribution in [1.82, 2.24) is 4.98 Å². The Morgan fingerprint density at radius 1 is 1.12 bits per heavy atom. The number of aromatic nitrogens is 1. The van der Waals surface area contributed by atoms with Crippen molar-refractivity contribution in [2.24, 2.45) is 0 Å². The normalized spacial score (nSPS) is 9.88. The number of nitriles is 1. The fourth-order valence-electron chi connectivity index (χ4n) is 1.63. The smallest absolute Gasteiger partial charge is 0.154 e. The van der Waals surface area contributed by atoms with Gasteiger partial charge in [0.1, 0.15) is 6.07 Å². The summed E-state index contributed by atoms with van der Waals surface area (Å²) in [7, 11) is 0. The van der Waals surface area contributed by atoms with E-state index in [-0.39, 0.29) is 0 Å². The highest BCUT2D eigenvalue weighted by atomic mass is 79.9. The highest BCUT2D eigenvalue weighted by Gasteiger charge is 2.02. The summed E-state index contributed by atoms with van der Waals surface area (Å²) in [6.45, 7) is 0. The Hall–Kier alpha value is -1.66. The average Bonchev–Trinajstić information content (AvgIpc) is 2.38. The third kappa shape index (κ3) is 3.15. The van der Waals surface area contributed by atoms with Crippen molar-refractivity contribution in [1.29, 1.82) is 5.26 Å². The number of halogens is 1. The van der Waals surface area contributed by atoms with Crippen LogP contribution in [0.3, 0.4) is 0 Å². The number of nitrogens with zero attached hydrogens (tertiary/aromatic N) is 2. The molecule has 2 nitrogen and oxygen atoms in total. The van der Waals surface area contributed by atoms with Gasteiger partial charge in [-0.2, -0.15) is 5.26 Å². The fourth-order valence-corrected chi connectivity index (χ4v) is 2.11. The molecule has 0 unspecified atom stereocenters. The fraction of sp³-hybridized carbons (Fsp3) is 0.143. The molecule has 0 fully saturated rings. The van der Waals surface area contributed by atoms with E-state index in [2.05, 4.69) is 33.0 Å². The summed E-state index contributed by atoms with van der Waals surface area (Å²) in [5.41, 5.74) is 2.89. The second-order valence-corrected chi connectivity index (χ2v) is 4.63. The second kappa shape index (κ2) is 5.60. The Labute approximate surface area is 109 Å². The molecular weight excluding hydrogens is 276 g/mol. The van der Waals surface area contributed by atoms with E-state index in [4.69, 9.17) is 5.26 Å². The molecule has 0 aliphatic carbocycles.